The standard InChI is InChI=1S/C13H17N5/c1-9-16-10(2)18(17-9)13-5-11(6-14-8-13)7-15-12-3-4-12/h5-6,8,12,15H,3-4,7H2,1-2H3. The van der Waals surface area contributed by atoms with E-state index in [1.54, 1.807) is 0 Å². The molecule has 2 heterocycles. The monoisotopic (exact) mass is 243 g/mol. The molecule has 1 aliphatic carbocycles. The highest BCUT2D eigenvalue weighted by atomic mass is 15.3. The van der Waals surface area contributed by atoms with E-state index >= 15 is 0 Å². The Kier molecular flexibility index (Phi) is 2.83. The van der Waals surface area contributed by atoms with Crippen LogP contribution in [0.25, 0.3) is 5.69 Å². The van der Waals surface area contributed by atoms with E-state index in [4.69, 9.17) is 0 Å². The zero-order valence-corrected chi connectivity index (χ0v) is 10.7. The van der Waals surface area contributed by atoms with Crippen molar-refractivity contribution in [1.82, 2.24) is 25.1 Å². The van der Waals surface area contributed by atoms with Crippen molar-refractivity contribution in [1.29, 1.82) is 0 Å². The molecule has 5 nitrogen and oxygen atoms in total. The van der Waals surface area contributed by atoms with Gasteiger partial charge in [-0.15, -0.1) is 0 Å². The molecule has 0 unspecified atom stereocenters. The van der Waals surface area contributed by atoms with Crippen molar-refractivity contribution in [3.8, 4) is 5.69 Å². The summed E-state index contributed by atoms with van der Waals surface area (Å²) < 4.78 is 1.84. The van der Waals surface area contributed by atoms with Crippen molar-refractivity contribution in [2.45, 2.75) is 39.3 Å². The Morgan fingerprint density at radius 1 is 1.33 bits per heavy atom. The van der Waals surface area contributed by atoms with Gasteiger partial charge in [0.25, 0.3) is 0 Å². The van der Waals surface area contributed by atoms with Crippen LogP contribution in [0, 0.1) is 13.8 Å². The maximum absolute atomic E-state index is 4.37. The first kappa shape index (κ1) is 11.3. The fraction of sp³-hybridized carbons (Fsp3) is 0.462. The third kappa shape index (κ3) is 2.41. The summed E-state index contributed by atoms with van der Waals surface area (Å²) in [5.41, 5.74) is 2.16. The van der Waals surface area contributed by atoms with Gasteiger partial charge in [-0.1, -0.05) is 0 Å². The van der Waals surface area contributed by atoms with Crippen molar-refractivity contribution in [3.05, 3.63) is 35.7 Å². The summed E-state index contributed by atoms with van der Waals surface area (Å²) in [7, 11) is 0. The molecule has 0 aliphatic heterocycles. The van der Waals surface area contributed by atoms with Crippen LogP contribution in [0.4, 0.5) is 0 Å². The van der Waals surface area contributed by atoms with Gasteiger partial charge >= 0.3 is 0 Å². The minimum Gasteiger partial charge on any atom is -0.310 e. The molecule has 94 valence electrons. The molecule has 1 saturated carbocycles. The van der Waals surface area contributed by atoms with Crippen molar-refractivity contribution in [2.75, 3.05) is 0 Å². The molecule has 0 bridgehead atoms. The van der Waals surface area contributed by atoms with Crippen LogP contribution in [0.5, 0.6) is 0 Å². The van der Waals surface area contributed by atoms with Crippen LogP contribution in [0.3, 0.4) is 0 Å². The van der Waals surface area contributed by atoms with Crippen molar-refractivity contribution < 1.29 is 0 Å². The number of hydrogen-bond acceptors (Lipinski definition) is 4. The lowest BCUT2D eigenvalue weighted by Gasteiger charge is -2.06. The fourth-order valence-electron chi connectivity index (χ4n) is 2.00. The SMILES string of the molecule is Cc1nc(C)n(-c2cncc(CNC3CC3)c2)n1. The first-order valence-electron chi connectivity index (χ1n) is 6.30. The molecule has 1 fully saturated rings. The minimum absolute atomic E-state index is 0.712. The summed E-state index contributed by atoms with van der Waals surface area (Å²) in [6, 6.07) is 2.83. The highest BCUT2D eigenvalue weighted by molar-refractivity contribution is 5.32. The van der Waals surface area contributed by atoms with Crippen LogP contribution in [0.1, 0.15) is 30.1 Å². The Balaban J connectivity index is 1.82. The molecule has 2 aromatic heterocycles. The van der Waals surface area contributed by atoms with Crippen LogP contribution < -0.4 is 5.32 Å². The summed E-state index contributed by atoms with van der Waals surface area (Å²) >= 11 is 0. The van der Waals surface area contributed by atoms with Gasteiger partial charge < -0.3 is 5.32 Å². The maximum Gasteiger partial charge on any atom is 0.148 e. The Hall–Kier alpha value is -1.75. The van der Waals surface area contributed by atoms with E-state index in [2.05, 4.69) is 26.4 Å². The summed E-state index contributed by atoms with van der Waals surface area (Å²) in [4.78, 5) is 8.59. The van der Waals surface area contributed by atoms with Crippen molar-refractivity contribution in [2.24, 2.45) is 0 Å². The molecular formula is C13H17N5. The van der Waals surface area contributed by atoms with Crippen molar-refractivity contribution in [3.63, 3.8) is 0 Å². The molecule has 2 aromatic rings. The molecule has 0 radical (unpaired) electrons. The number of nitrogens with one attached hydrogen (secondary N) is 1. The highest BCUT2D eigenvalue weighted by Crippen LogP contribution is 2.19. The summed E-state index contributed by atoms with van der Waals surface area (Å²) in [5.74, 6) is 1.68. The van der Waals surface area contributed by atoms with Crippen LogP contribution in [-0.4, -0.2) is 25.8 Å². The predicted molar refractivity (Wildman–Crippen MR) is 68.5 cm³/mol. The average Bonchev–Trinajstić information content (AvgIpc) is 3.12. The summed E-state index contributed by atoms with van der Waals surface area (Å²) in [5, 5.41) is 7.86. The first-order valence-corrected chi connectivity index (χ1v) is 6.30. The van der Waals surface area contributed by atoms with Crippen LogP contribution >= 0.6 is 0 Å². The van der Waals surface area contributed by atoms with E-state index < -0.39 is 0 Å². The number of nitrogens with zero attached hydrogens (tertiary/aromatic N) is 4. The van der Waals surface area contributed by atoms with Gasteiger partial charge in [0.1, 0.15) is 11.6 Å². The number of aryl methyl sites for hydroxylation is 2. The normalized spacial score (nSPS) is 15.0. The van der Waals surface area contributed by atoms with E-state index in [9.17, 15) is 0 Å². The molecule has 0 aromatic carbocycles. The summed E-state index contributed by atoms with van der Waals surface area (Å²) in [6.07, 6.45) is 6.32. The highest BCUT2D eigenvalue weighted by Gasteiger charge is 2.20. The number of hydrogen-bond donors (Lipinski definition) is 1. The molecule has 3 rings (SSSR count). The molecule has 0 spiro atoms. The molecule has 1 aliphatic rings. The minimum atomic E-state index is 0.712. The quantitative estimate of drug-likeness (QED) is 0.884. The largest absolute Gasteiger partial charge is 0.310 e. The van der Waals surface area contributed by atoms with Gasteiger partial charge in [0.15, 0.2) is 0 Å². The topological polar surface area (TPSA) is 55.6 Å². The third-order valence-corrected chi connectivity index (χ3v) is 3.07. The summed E-state index contributed by atoms with van der Waals surface area (Å²) in [6.45, 7) is 4.72. The second-order valence-corrected chi connectivity index (χ2v) is 4.82. The predicted octanol–water partition coefficient (Wildman–Crippen LogP) is 1.53. The number of rotatable bonds is 4. The van der Waals surface area contributed by atoms with E-state index in [-0.39, 0.29) is 0 Å². The number of pyridine rings is 1. The second kappa shape index (κ2) is 4.49. The number of aromatic nitrogens is 4. The van der Waals surface area contributed by atoms with E-state index in [1.165, 1.54) is 18.4 Å². The third-order valence-electron chi connectivity index (χ3n) is 3.07. The molecule has 0 atom stereocenters. The van der Waals surface area contributed by atoms with Crippen molar-refractivity contribution >= 4 is 0 Å². The van der Waals surface area contributed by atoms with Gasteiger partial charge in [-0.05, 0) is 38.3 Å². The van der Waals surface area contributed by atoms with Gasteiger partial charge in [-0.3, -0.25) is 4.98 Å². The average molecular weight is 243 g/mol. The molecule has 0 amide bonds. The van der Waals surface area contributed by atoms with Gasteiger partial charge in [-0.2, -0.15) is 5.10 Å². The molecule has 0 saturated heterocycles. The van der Waals surface area contributed by atoms with E-state index in [1.807, 2.05) is 30.9 Å². The van der Waals surface area contributed by atoms with Gasteiger partial charge in [0.05, 0.1) is 11.9 Å². The van der Waals surface area contributed by atoms with Gasteiger partial charge in [0, 0.05) is 18.8 Å². The Morgan fingerprint density at radius 2 is 2.17 bits per heavy atom. The van der Waals surface area contributed by atoms with E-state index in [0.29, 0.717) is 6.04 Å². The Bertz CT molecular complexity index is 556. The second-order valence-electron chi connectivity index (χ2n) is 4.82. The fourth-order valence-corrected chi connectivity index (χ4v) is 2.00. The maximum atomic E-state index is 4.37. The molecule has 18 heavy (non-hydrogen) atoms. The zero-order chi connectivity index (χ0) is 12.5. The van der Waals surface area contributed by atoms with Gasteiger partial charge in [0.2, 0.25) is 0 Å². The molecular weight excluding hydrogens is 226 g/mol. The van der Waals surface area contributed by atoms with Crippen LogP contribution in [0.2, 0.25) is 0 Å². The zero-order valence-electron chi connectivity index (χ0n) is 10.7. The lowest BCUT2D eigenvalue weighted by atomic mass is 10.2. The van der Waals surface area contributed by atoms with Crippen LogP contribution in [-0.2, 0) is 6.54 Å². The molecule has 5 heteroatoms. The Morgan fingerprint density at radius 3 is 2.83 bits per heavy atom. The first-order chi connectivity index (χ1) is 8.72. The Labute approximate surface area is 106 Å². The lowest BCUT2D eigenvalue weighted by Crippen LogP contribution is -2.15. The smallest absolute Gasteiger partial charge is 0.148 e. The van der Waals surface area contributed by atoms with E-state index in [0.717, 1.165) is 23.9 Å². The molecule has 1 N–H and O–H groups in total. The lowest BCUT2D eigenvalue weighted by molar-refractivity contribution is 0.684. The van der Waals surface area contributed by atoms with Crippen LogP contribution in [0.15, 0.2) is 18.5 Å². The van der Waals surface area contributed by atoms with Gasteiger partial charge in [-0.25, -0.2) is 9.67 Å².